The van der Waals surface area contributed by atoms with Gasteiger partial charge in [-0.2, -0.15) is 6.61 Å². The molecule has 0 saturated carbocycles. The quantitative estimate of drug-likeness (QED) is 0.107. The van der Waals surface area contributed by atoms with Crippen molar-refractivity contribution >= 4 is 8.32 Å². The molecule has 1 saturated heterocycles. The molecule has 1 aliphatic heterocycles. The molecule has 9 heteroatoms. The van der Waals surface area contributed by atoms with E-state index in [2.05, 4.69) is 92.6 Å². The number of nitrogens with one attached hydrogen (secondary N) is 1. The minimum Gasteiger partial charge on any atom is -0.545 e. The molecule has 3 aromatic rings. The molecule has 0 unspecified atom stereocenters. The third kappa shape index (κ3) is 9.91. The Morgan fingerprint density at radius 3 is 1.78 bits per heavy atom. The molecule has 1 aliphatic rings. The Kier molecular flexibility index (Phi) is 14.7. The van der Waals surface area contributed by atoms with Gasteiger partial charge in [-0.05, 0) is 59.1 Å². The minimum absolute atomic E-state index is 0. The topological polar surface area (TPSA) is 61.4 Å². The van der Waals surface area contributed by atoms with Crippen molar-refractivity contribution in [1.29, 1.82) is 0 Å². The Balaban J connectivity index is 0.00000552. The maximum atomic E-state index is 7.18. The fraction of sp³-hybridized carbons (Fsp3) is 0.472. The van der Waals surface area contributed by atoms with E-state index in [1.165, 1.54) is 0 Å². The Labute approximate surface area is 295 Å². The van der Waals surface area contributed by atoms with Gasteiger partial charge in [-0.15, -0.1) is 6.54 Å². The summed E-state index contributed by atoms with van der Waals surface area (Å²) in [7, 11) is 1.34. The molecular formula is C36H51N2O5SiU-. The number of ether oxygens (including phenoxy) is 4. The Morgan fingerprint density at radius 1 is 0.778 bits per heavy atom. The van der Waals surface area contributed by atoms with Gasteiger partial charge in [-0.3, -0.25) is 0 Å². The average molecular weight is 858 g/mol. The molecule has 7 nitrogen and oxygen atoms in total. The van der Waals surface area contributed by atoms with E-state index in [9.17, 15) is 0 Å². The van der Waals surface area contributed by atoms with Gasteiger partial charge >= 0.3 is 0 Å². The van der Waals surface area contributed by atoms with Crippen LogP contribution in [0.2, 0.25) is 18.1 Å². The molecule has 244 valence electrons. The van der Waals surface area contributed by atoms with Crippen molar-refractivity contribution in [2.24, 2.45) is 0 Å². The van der Waals surface area contributed by atoms with Crippen molar-refractivity contribution in [3.8, 4) is 11.5 Å². The van der Waals surface area contributed by atoms with Crippen LogP contribution in [0.15, 0.2) is 78.9 Å². The summed E-state index contributed by atoms with van der Waals surface area (Å²) in [4.78, 5) is 2.39. The standard InChI is InChI=1S/C36H51N2O5Si.U/c1-35(2,3)44(6,7)43-28-34(41-26-25-38-23-21-37-22-24-38)27-42-36(29-11-9-8-10-12-29,30-13-17-32(39-4)18-14-30)31-15-19-33(40-5)20-16-31;/h8-20,26,34,37H,21-25,27-28H2,1-7H3;/q-1;/t34-;/m1./s1. The fourth-order valence-corrected chi connectivity index (χ4v) is 6.15. The second-order valence-corrected chi connectivity index (χ2v) is 17.7. The molecular weight excluding hydrogens is 807 g/mol. The SMILES string of the molecule is COc1ccc(C(OC[C@H](CO[Si](C)(C)C(C)(C)C)O[CH-]CN2CCNCC2)(c2ccccc2)c2ccc(OC)cc2)cc1.[U]. The molecule has 0 amide bonds. The fourth-order valence-electron chi connectivity index (χ4n) is 5.11. The maximum Gasteiger partial charge on any atom is 0.192 e. The first-order chi connectivity index (χ1) is 21.1. The van der Waals surface area contributed by atoms with E-state index in [0.29, 0.717) is 13.2 Å². The summed E-state index contributed by atoms with van der Waals surface area (Å²) < 4.78 is 31.4. The Hall–Kier alpha value is -1.67. The molecule has 1 atom stereocenters. The number of benzene rings is 3. The first kappa shape index (κ1) is 37.8. The molecule has 0 spiro atoms. The van der Waals surface area contributed by atoms with Crippen molar-refractivity contribution in [3.05, 3.63) is 102 Å². The number of rotatable bonds is 15. The summed E-state index contributed by atoms with van der Waals surface area (Å²) in [5, 5.41) is 3.50. The molecule has 0 radical (unpaired) electrons. The monoisotopic (exact) mass is 857 g/mol. The van der Waals surface area contributed by atoms with Crippen LogP contribution in [0.25, 0.3) is 0 Å². The van der Waals surface area contributed by atoms with Crippen LogP contribution >= 0.6 is 0 Å². The molecule has 1 fully saturated rings. The largest absolute Gasteiger partial charge is 0.545 e. The number of piperazine rings is 1. The van der Waals surface area contributed by atoms with Crippen LogP contribution in [-0.2, 0) is 19.5 Å². The number of hydrogen-bond acceptors (Lipinski definition) is 7. The first-order valence-electron chi connectivity index (χ1n) is 15.6. The second-order valence-electron chi connectivity index (χ2n) is 12.9. The van der Waals surface area contributed by atoms with E-state index in [0.717, 1.165) is 60.9 Å². The average Bonchev–Trinajstić information content (AvgIpc) is 3.04. The summed E-state index contributed by atoms with van der Waals surface area (Å²) in [5.74, 6) is 1.58. The third-order valence-electron chi connectivity index (χ3n) is 8.93. The molecule has 1 N–H and O–H groups in total. The van der Waals surface area contributed by atoms with E-state index in [-0.39, 0.29) is 42.3 Å². The van der Waals surface area contributed by atoms with Gasteiger partial charge in [0.2, 0.25) is 0 Å². The van der Waals surface area contributed by atoms with Crippen LogP contribution in [0.4, 0.5) is 0 Å². The van der Waals surface area contributed by atoms with Gasteiger partial charge < -0.3 is 33.6 Å². The molecule has 45 heavy (non-hydrogen) atoms. The molecule has 4 rings (SSSR count). The van der Waals surface area contributed by atoms with Crippen LogP contribution in [-0.4, -0.2) is 79.5 Å². The summed E-state index contributed by atoms with van der Waals surface area (Å²) in [6.45, 7) is 18.8. The van der Waals surface area contributed by atoms with Crippen molar-refractivity contribution in [3.63, 3.8) is 0 Å². The number of hydrogen-bond donors (Lipinski definition) is 1. The smallest absolute Gasteiger partial charge is 0.192 e. The van der Waals surface area contributed by atoms with Crippen molar-refractivity contribution in [1.82, 2.24) is 10.2 Å². The van der Waals surface area contributed by atoms with Gasteiger partial charge in [0.25, 0.3) is 0 Å². The maximum absolute atomic E-state index is 7.18. The van der Waals surface area contributed by atoms with Crippen molar-refractivity contribution in [2.75, 3.05) is 60.2 Å². The van der Waals surface area contributed by atoms with Gasteiger partial charge in [0, 0.05) is 57.3 Å². The van der Waals surface area contributed by atoms with Crippen LogP contribution in [0, 0.1) is 37.7 Å². The zero-order valence-electron chi connectivity index (χ0n) is 28.1. The van der Waals surface area contributed by atoms with Crippen molar-refractivity contribution in [2.45, 2.75) is 50.6 Å². The molecule has 0 aromatic heterocycles. The van der Waals surface area contributed by atoms with E-state index in [4.69, 9.17) is 23.4 Å². The van der Waals surface area contributed by atoms with E-state index in [1.54, 1.807) is 14.2 Å². The first-order valence-corrected chi connectivity index (χ1v) is 18.5. The van der Waals surface area contributed by atoms with Gasteiger partial charge in [0.1, 0.15) is 17.1 Å². The van der Waals surface area contributed by atoms with E-state index < -0.39 is 13.9 Å². The number of nitrogens with zero attached hydrogens (tertiary/aromatic N) is 1. The van der Waals surface area contributed by atoms with Crippen LogP contribution in [0.1, 0.15) is 37.5 Å². The molecule has 0 bridgehead atoms. The van der Waals surface area contributed by atoms with E-state index in [1.807, 2.05) is 36.9 Å². The predicted octanol–water partition coefficient (Wildman–Crippen LogP) is 6.49. The number of methoxy groups -OCH3 is 2. The Morgan fingerprint density at radius 2 is 1.29 bits per heavy atom. The van der Waals surface area contributed by atoms with Gasteiger partial charge in [0.15, 0.2) is 8.32 Å². The van der Waals surface area contributed by atoms with Crippen molar-refractivity contribution < 1.29 is 54.5 Å². The zero-order valence-corrected chi connectivity index (χ0v) is 33.3. The normalized spacial score (nSPS) is 15.3. The predicted molar refractivity (Wildman–Crippen MR) is 180 cm³/mol. The van der Waals surface area contributed by atoms with Crippen LogP contribution in [0.5, 0.6) is 11.5 Å². The van der Waals surface area contributed by atoms with Gasteiger partial charge in [-0.25, -0.2) is 0 Å². The molecule has 3 aromatic carbocycles. The third-order valence-corrected chi connectivity index (χ3v) is 13.4. The summed E-state index contributed by atoms with van der Waals surface area (Å²) in [6, 6.07) is 26.6. The van der Waals surface area contributed by atoms with Crippen LogP contribution in [0.3, 0.4) is 0 Å². The van der Waals surface area contributed by atoms with Crippen LogP contribution < -0.4 is 14.8 Å². The molecule has 0 aliphatic carbocycles. The second kappa shape index (κ2) is 17.5. The summed E-state index contributed by atoms with van der Waals surface area (Å²) in [6.07, 6.45) is -0.299. The summed E-state index contributed by atoms with van der Waals surface area (Å²) >= 11 is 0. The van der Waals surface area contributed by atoms with E-state index >= 15 is 0 Å². The molecule has 1 heterocycles. The Bertz CT molecular complexity index is 1220. The zero-order chi connectivity index (χ0) is 31.6. The van der Waals surface area contributed by atoms with Gasteiger partial charge in [0.05, 0.1) is 33.5 Å². The summed E-state index contributed by atoms with van der Waals surface area (Å²) in [5.41, 5.74) is 2.08. The minimum atomic E-state index is -2.02. The van der Waals surface area contributed by atoms with Gasteiger partial charge in [-0.1, -0.05) is 75.4 Å².